The Morgan fingerprint density at radius 3 is 2.87 bits per heavy atom. The maximum absolute atomic E-state index is 13.4. The Morgan fingerprint density at radius 1 is 1.53 bits per heavy atom. The van der Waals surface area contributed by atoms with E-state index in [0.29, 0.717) is 13.0 Å². The fourth-order valence-electron chi connectivity index (χ4n) is 2.67. The SMILES string of the molecule is CNCC(=O)N1C[C@@H]2CCC(F)(F)[C@@H]2C1. The topological polar surface area (TPSA) is 32.3 Å². The van der Waals surface area contributed by atoms with Crippen LogP contribution in [0.1, 0.15) is 12.8 Å². The number of nitrogens with one attached hydrogen (secondary N) is 1. The predicted molar refractivity (Wildman–Crippen MR) is 51.7 cm³/mol. The molecule has 0 radical (unpaired) electrons. The molecule has 1 saturated heterocycles. The first kappa shape index (κ1) is 10.8. The lowest BCUT2D eigenvalue weighted by Crippen LogP contribution is -2.37. The first-order valence-corrected chi connectivity index (χ1v) is 5.35. The Morgan fingerprint density at radius 2 is 2.27 bits per heavy atom. The van der Waals surface area contributed by atoms with Crippen LogP contribution in [0.2, 0.25) is 0 Å². The summed E-state index contributed by atoms with van der Waals surface area (Å²) in [6, 6.07) is 0. The monoisotopic (exact) mass is 218 g/mol. The van der Waals surface area contributed by atoms with Crippen molar-refractivity contribution in [1.82, 2.24) is 10.2 Å². The molecule has 86 valence electrons. The Labute approximate surface area is 87.8 Å². The number of likely N-dealkylation sites (N-methyl/N-ethyl adjacent to an activating group) is 1. The van der Waals surface area contributed by atoms with Crippen LogP contribution in [0, 0.1) is 11.8 Å². The van der Waals surface area contributed by atoms with E-state index in [2.05, 4.69) is 5.32 Å². The molecule has 0 aromatic carbocycles. The minimum Gasteiger partial charge on any atom is -0.341 e. The van der Waals surface area contributed by atoms with Crippen molar-refractivity contribution < 1.29 is 13.6 Å². The van der Waals surface area contributed by atoms with Crippen molar-refractivity contribution in [3.05, 3.63) is 0 Å². The third kappa shape index (κ3) is 1.85. The number of alkyl halides is 2. The normalized spacial score (nSPS) is 33.1. The summed E-state index contributed by atoms with van der Waals surface area (Å²) in [4.78, 5) is 13.1. The molecule has 15 heavy (non-hydrogen) atoms. The highest BCUT2D eigenvalue weighted by Gasteiger charge is 2.54. The molecule has 1 N–H and O–H groups in total. The van der Waals surface area contributed by atoms with Crippen LogP contribution in [-0.4, -0.2) is 43.4 Å². The number of halogens is 2. The summed E-state index contributed by atoms with van der Waals surface area (Å²) in [6.45, 7) is 0.990. The molecule has 0 aromatic rings. The zero-order valence-corrected chi connectivity index (χ0v) is 8.80. The van der Waals surface area contributed by atoms with E-state index in [1.807, 2.05) is 0 Å². The van der Waals surface area contributed by atoms with Crippen LogP contribution < -0.4 is 5.32 Å². The Kier molecular flexibility index (Phi) is 2.66. The maximum Gasteiger partial charge on any atom is 0.252 e. The number of rotatable bonds is 2. The fraction of sp³-hybridized carbons (Fsp3) is 0.900. The Bertz CT molecular complexity index is 270. The number of fused-ring (bicyclic) bond motifs is 1. The van der Waals surface area contributed by atoms with Gasteiger partial charge >= 0.3 is 0 Å². The zero-order chi connectivity index (χ0) is 11.1. The van der Waals surface area contributed by atoms with Gasteiger partial charge in [0, 0.05) is 25.4 Å². The third-order valence-corrected chi connectivity index (χ3v) is 3.51. The van der Waals surface area contributed by atoms with Gasteiger partial charge in [0.15, 0.2) is 0 Å². The summed E-state index contributed by atoms with van der Waals surface area (Å²) in [5, 5.41) is 2.75. The van der Waals surface area contributed by atoms with Gasteiger partial charge in [-0.15, -0.1) is 0 Å². The second kappa shape index (κ2) is 3.70. The Balaban J connectivity index is 1.98. The van der Waals surface area contributed by atoms with Gasteiger partial charge in [-0.1, -0.05) is 0 Å². The molecule has 2 fully saturated rings. The summed E-state index contributed by atoms with van der Waals surface area (Å²) >= 11 is 0. The van der Waals surface area contributed by atoms with E-state index in [9.17, 15) is 13.6 Å². The summed E-state index contributed by atoms with van der Waals surface area (Å²) in [6.07, 6.45) is 0.553. The molecule has 2 atom stereocenters. The molecule has 3 nitrogen and oxygen atoms in total. The number of nitrogens with zero attached hydrogens (tertiary/aromatic N) is 1. The van der Waals surface area contributed by atoms with Gasteiger partial charge in [-0.3, -0.25) is 4.79 Å². The first-order valence-electron chi connectivity index (χ1n) is 5.35. The molecule has 1 saturated carbocycles. The lowest BCUT2D eigenvalue weighted by atomic mass is 9.99. The molecule has 0 spiro atoms. The molecule has 2 aliphatic rings. The molecular formula is C10H16F2N2O. The molecule has 1 amide bonds. The molecule has 2 rings (SSSR count). The van der Waals surface area contributed by atoms with Gasteiger partial charge in [0.1, 0.15) is 0 Å². The number of hydrogen-bond donors (Lipinski definition) is 1. The van der Waals surface area contributed by atoms with Crippen molar-refractivity contribution in [2.24, 2.45) is 11.8 Å². The van der Waals surface area contributed by atoms with Crippen LogP contribution >= 0.6 is 0 Å². The van der Waals surface area contributed by atoms with Crippen LogP contribution in [0.25, 0.3) is 0 Å². The van der Waals surface area contributed by atoms with Crippen LogP contribution in [-0.2, 0) is 4.79 Å². The van der Waals surface area contributed by atoms with Crippen molar-refractivity contribution in [2.45, 2.75) is 18.8 Å². The Hall–Kier alpha value is -0.710. The largest absolute Gasteiger partial charge is 0.341 e. The lowest BCUT2D eigenvalue weighted by molar-refractivity contribution is -0.130. The minimum absolute atomic E-state index is 0.00358. The number of amides is 1. The van der Waals surface area contributed by atoms with Crippen molar-refractivity contribution >= 4 is 5.91 Å². The molecule has 0 bridgehead atoms. The van der Waals surface area contributed by atoms with Crippen molar-refractivity contribution in [1.29, 1.82) is 0 Å². The van der Waals surface area contributed by atoms with E-state index in [-0.39, 0.29) is 31.3 Å². The number of carbonyl (C=O) groups is 1. The lowest BCUT2D eigenvalue weighted by Gasteiger charge is -2.20. The molecule has 0 unspecified atom stereocenters. The van der Waals surface area contributed by atoms with Crippen molar-refractivity contribution in [2.75, 3.05) is 26.7 Å². The molecule has 0 aromatic heterocycles. The highest BCUT2D eigenvalue weighted by atomic mass is 19.3. The average Bonchev–Trinajstić information content (AvgIpc) is 2.68. The van der Waals surface area contributed by atoms with Crippen LogP contribution in [0.4, 0.5) is 8.78 Å². The van der Waals surface area contributed by atoms with Gasteiger partial charge in [0.25, 0.3) is 5.92 Å². The van der Waals surface area contributed by atoms with Gasteiger partial charge < -0.3 is 10.2 Å². The van der Waals surface area contributed by atoms with Crippen LogP contribution in [0.3, 0.4) is 0 Å². The van der Waals surface area contributed by atoms with Gasteiger partial charge in [-0.2, -0.15) is 0 Å². The van der Waals surface area contributed by atoms with Gasteiger partial charge in [-0.05, 0) is 19.4 Å². The quantitative estimate of drug-likeness (QED) is 0.740. The number of carbonyl (C=O) groups excluding carboxylic acids is 1. The van der Waals surface area contributed by atoms with E-state index in [1.54, 1.807) is 11.9 Å². The van der Waals surface area contributed by atoms with Gasteiger partial charge in [0.05, 0.1) is 6.54 Å². The molecular weight excluding hydrogens is 202 g/mol. The molecule has 5 heteroatoms. The van der Waals surface area contributed by atoms with E-state index in [4.69, 9.17) is 0 Å². The summed E-state index contributed by atoms with van der Waals surface area (Å²) in [5.41, 5.74) is 0. The summed E-state index contributed by atoms with van der Waals surface area (Å²) in [5.74, 6) is -3.21. The van der Waals surface area contributed by atoms with Gasteiger partial charge in [-0.25, -0.2) is 8.78 Å². The number of likely N-dealkylation sites (tertiary alicyclic amines) is 1. The maximum atomic E-state index is 13.4. The number of hydrogen-bond acceptors (Lipinski definition) is 2. The third-order valence-electron chi connectivity index (χ3n) is 3.51. The van der Waals surface area contributed by atoms with E-state index >= 15 is 0 Å². The summed E-state index contributed by atoms with van der Waals surface area (Å²) < 4.78 is 26.7. The first-order chi connectivity index (χ1) is 7.04. The fourth-order valence-corrected chi connectivity index (χ4v) is 2.67. The van der Waals surface area contributed by atoms with Gasteiger partial charge in [0.2, 0.25) is 5.91 Å². The minimum atomic E-state index is -2.56. The zero-order valence-electron chi connectivity index (χ0n) is 8.80. The van der Waals surface area contributed by atoms with E-state index in [1.165, 1.54) is 0 Å². The van der Waals surface area contributed by atoms with Crippen LogP contribution in [0.5, 0.6) is 0 Å². The molecule has 1 aliphatic carbocycles. The summed E-state index contributed by atoms with van der Waals surface area (Å²) in [7, 11) is 1.68. The van der Waals surface area contributed by atoms with Crippen molar-refractivity contribution in [3.63, 3.8) is 0 Å². The van der Waals surface area contributed by atoms with E-state index < -0.39 is 11.8 Å². The second-order valence-electron chi connectivity index (χ2n) is 4.50. The highest BCUT2D eigenvalue weighted by Crippen LogP contribution is 2.48. The predicted octanol–water partition coefficient (Wildman–Crippen LogP) is 0.709. The van der Waals surface area contributed by atoms with Crippen LogP contribution in [0.15, 0.2) is 0 Å². The molecule has 1 aliphatic heterocycles. The standard InChI is InChI=1S/C10H16F2N2O/c1-13-4-9(15)14-5-7-2-3-10(11,12)8(7)6-14/h7-8,13H,2-6H2,1H3/t7-,8+/m0/s1. The van der Waals surface area contributed by atoms with Crippen molar-refractivity contribution in [3.8, 4) is 0 Å². The second-order valence-corrected chi connectivity index (χ2v) is 4.50. The van der Waals surface area contributed by atoms with E-state index in [0.717, 1.165) is 0 Å². The molecule has 1 heterocycles. The highest BCUT2D eigenvalue weighted by molar-refractivity contribution is 5.78. The smallest absolute Gasteiger partial charge is 0.252 e. The average molecular weight is 218 g/mol.